The monoisotopic (exact) mass is 631 g/mol. The maximum atomic E-state index is 13.9. The molecule has 9 heteroatoms. The maximum absolute atomic E-state index is 13.9. The molecule has 0 aliphatic rings. The number of halogens is 1. The summed E-state index contributed by atoms with van der Waals surface area (Å²) in [5.41, 5.74) is 2.74. The first-order valence-corrected chi connectivity index (χ1v) is 15.3. The van der Waals surface area contributed by atoms with Crippen molar-refractivity contribution in [2.24, 2.45) is 0 Å². The fourth-order valence-corrected chi connectivity index (χ4v) is 5.03. The van der Waals surface area contributed by atoms with Crippen LogP contribution < -0.4 is 20.7 Å². The zero-order valence-electron chi connectivity index (χ0n) is 24.6. The van der Waals surface area contributed by atoms with Gasteiger partial charge in [0.25, 0.3) is 11.8 Å². The summed E-state index contributed by atoms with van der Waals surface area (Å²) in [5, 5.41) is 8.12. The number of ether oxygens (including phenoxy) is 1. The molecule has 0 aliphatic carbocycles. The zero-order chi connectivity index (χ0) is 32.1. The van der Waals surface area contributed by atoms with Crippen molar-refractivity contribution < 1.29 is 23.5 Å². The molecule has 5 aromatic rings. The third kappa shape index (κ3) is 9.41. The summed E-state index contributed by atoms with van der Waals surface area (Å²) >= 11 is 1.24. The number of para-hydroxylation sites is 1. The van der Waals surface area contributed by atoms with Crippen LogP contribution in [0.4, 0.5) is 15.8 Å². The number of anilines is 2. The fourth-order valence-electron chi connectivity index (χ4n) is 4.27. The Hall–Kier alpha value is -5.67. The van der Waals surface area contributed by atoms with Crippen LogP contribution in [-0.4, -0.2) is 23.5 Å². The molecule has 0 fully saturated rings. The topological polar surface area (TPSA) is 96.5 Å². The Kier molecular flexibility index (Phi) is 11.0. The van der Waals surface area contributed by atoms with Crippen molar-refractivity contribution in [1.82, 2.24) is 5.32 Å². The Balaban J connectivity index is 1.27. The van der Waals surface area contributed by atoms with Crippen molar-refractivity contribution in [2.45, 2.75) is 11.5 Å². The summed E-state index contributed by atoms with van der Waals surface area (Å²) < 4.78 is 19.7. The molecule has 0 aliphatic heterocycles. The minimum Gasteiger partial charge on any atom is -0.489 e. The van der Waals surface area contributed by atoms with Gasteiger partial charge in [0.2, 0.25) is 5.91 Å². The lowest BCUT2D eigenvalue weighted by atomic mass is 10.1. The van der Waals surface area contributed by atoms with Gasteiger partial charge in [0.15, 0.2) is 0 Å². The molecular formula is C37H30FN3O4S. The molecule has 0 atom stereocenters. The number of hydrogen-bond acceptors (Lipinski definition) is 5. The van der Waals surface area contributed by atoms with E-state index >= 15 is 0 Å². The van der Waals surface area contributed by atoms with Gasteiger partial charge in [0, 0.05) is 16.1 Å². The van der Waals surface area contributed by atoms with Crippen molar-refractivity contribution in [3.05, 3.63) is 162 Å². The van der Waals surface area contributed by atoms with E-state index in [4.69, 9.17) is 4.74 Å². The number of amides is 3. The Morgan fingerprint density at radius 3 is 2.17 bits per heavy atom. The van der Waals surface area contributed by atoms with Gasteiger partial charge in [-0.25, -0.2) is 4.39 Å². The Morgan fingerprint density at radius 2 is 1.43 bits per heavy atom. The van der Waals surface area contributed by atoms with E-state index in [0.29, 0.717) is 34.1 Å². The van der Waals surface area contributed by atoms with Gasteiger partial charge < -0.3 is 20.7 Å². The van der Waals surface area contributed by atoms with Crippen molar-refractivity contribution >= 4 is 46.9 Å². The first-order chi connectivity index (χ1) is 22.4. The largest absolute Gasteiger partial charge is 0.489 e. The van der Waals surface area contributed by atoms with Crippen molar-refractivity contribution in [3.8, 4) is 5.75 Å². The quantitative estimate of drug-likeness (QED) is 0.0977. The zero-order valence-corrected chi connectivity index (χ0v) is 25.4. The molecule has 0 heterocycles. The summed E-state index contributed by atoms with van der Waals surface area (Å²) in [4.78, 5) is 39.6. The second kappa shape index (κ2) is 15.9. The highest BCUT2D eigenvalue weighted by Gasteiger charge is 2.16. The summed E-state index contributed by atoms with van der Waals surface area (Å²) in [7, 11) is 0. The molecule has 5 aromatic carbocycles. The van der Waals surface area contributed by atoms with Crippen molar-refractivity contribution in [2.75, 3.05) is 16.4 Å². The van der Waals surface area contributed by atoms with Crippen molar-refractivity contribution in [1.29, 1.82) is 0 Å². The molecule has 5 rings (SSSR count). The molecule has 0 saturated heterocycles. The minimum atomic E-state index is -0.534. The van der Waals surface area contributed by atoms with Gasteiger partial charge >= 0.3 is 0 Å². The van der Waals surface area contributed by atoms with Crippen molar-refractivity contribution in [3.63, 3.8) is 0 Å². The lowest BCUT2D eigenvalue weighted by molar-refractivity contribution is -0.114. The molecule has 0 unspecified atom stereocenters. The predicted octanol–water partition coefficient (Wildman–Crippen LogP) is 7.55. The molecular weight excluding hydrogens is 601 g/mol. The van der Waals surface area contributed by atoms with E-state index in [9.17, 15) is 18.8 Å². The first kappa shape index (κ1) is 31.7. The summed E-state index contributed by atoms with van der Waals surface area (Å²) in [6.07, 6.45) is 1.59. The number of rotatable bonds is 12. The second-order valence-corrected chi connectivity index (χ2v) is 11.1. The highest BCUT2D eigenvalue weighted by molar-refractivity contribution is 8.00. The molecule has 3 amide bonds. The standard InChI is InChI=1S/C37H30FN3O4S/c38-32-16-7-8-17-33(32)40-35(42)25-46-31-15-9-14-29(23-31)39-37(44)34(41-36(43)28-12-5-2-6-13-28)22-26-18-20-30(21-19-26)45-24-27-10-3-1-4-11-27/h1-23H,24-25H2,(H,39,44)(H,40,42)(H,41,43)/b34-22-. The van der Waals surface area contributed by atoms with Crippen LogP contribution in [0.25, 0.3) is 6.08 Å². The van der Waals surface area contributed by atoms with Crippen LogP contribution in [0, 0.1) is 5.82 Å². The highest BCUT2D eigenvalue weighted by atomic mass is 32.2. The van der Waals surface area contributed by atoms with Gasteiger partial charge in [0.1, 0.15) is 23.9 Å². The second-order valence-electron chi connectivity index (χ2n) is 10.0. The number of thioether (sulfide) groups is 1. The number of carbonyl (C=O) groups excluding carboxylic acids is 3. The van der Waals surface area contributed by atoms with Crippen LogP contribution in [0.2, 0.25) is 0 Å². The molecule has 7 nitrogen and oxygen atoms in total. The lowest BCUT2D eigenvalue weighted by Gasteiger charge is -2.12. The van der Waals surface area contributed by atoms with Gasteiger partial charge in [-0.2, -0.15) is 0 Å². The summed E-state index contributed by atoms with van der Waals surface area (Å²) in [5.74, 6) is -1.15. The number of hydrogen-bond donors (Lipinski definition) is 3. The maximum Gasteiger partial charge on any atom is 0.272 e. The van der Waals surface area contributed by atoms with E-state index in [-0.39, 0.29) is 23.0 Å². The fraction of sp³-hybridized carbons (Fsp3) is 0.0541. The summed E-state index contributed by atoms with van der Waals surface area (Å²) in [6, 6.07) is 38.5. The summed E-state index contributed by atoms with van der Waals surface area (Å²) in [6.45, 7) is 0.421. The smallest absolute Gasteiger partial charge is 0.272 e. The van der Waals surface area contributed by atoms with E-state index in [0.717, 1.165) is 5.56 Å². The average Bonchev–Trinajstić information content (AvgIpc) is 3.09. The Labute approximate surface area is 270 Å². The average molecular weight is 632 g/mol. The molecule has 0 radical (unpaired) electrons. The number of benzene rings is 5. The molecule has 46 heavy (non-hydrogen) atoms. The van der Waals surface area contributed by atoms with Crippen LogP contribution in [-0.2, 0) is 16.2 Å². The Morgan fingerprint density at radius 1 is 0.739 bits per heavy atom. The van der Waals surface area contributed by atoms with Crippen LogP contribution >= 0.6 is 11.8 Å². The van der Waals surface area contributed by atoms with Crippen LogP contribution in [0.5, 0.6) is 5.75 Å². The molecule has 0 spiro atoms. The van der Waals surface area contributed by atoms with Crippen LogP contribution in [0.1, 0.15) is 21.5 Å². The van der Waals surface area contributed by atoms with Gasteiger partial charge in [-0.3, -0.25) is 14.4 Å². The number of carbonyl (C=O) groups is 3. The van der Waals surface area contributed by atoms with Gasteiger partial charge in [-0.1, -0.05) is 78.9 Å². The van der Waals surface area contributed by atoms with Gasteiger partial charge in [-0.05, 0) is 71.8 Å². The van der Waals surface area contributed by atoms with Gasteiger partial charge in [-0.15, -0.1) is 11.8 Å². The van der Waals surface area contributed by atoms with E-state index in [1.807, 2.05) is 30.3 Å². The number of nitrogens with one attached hydrogen (secondary N) is 3. The SMILES string of the molecule is O=C(CSc1cccc(NC(=O)/C(=C/c2ccc(OCc3ccccc3)cc2)NC(=O)c2ccccc2)c1)Nc1ccccc1F. The van der Waals surface area contributed by atoms with E-state index in [2.05, 4.69) is 16.0 Å². The van der Waals surface area contributed by atoms with E-state index in [1.54, 1.807) is 97.1 Å². The van der Waals surface area contributed by atoms with Crippen LogP contribution in [0.15, 0.2) is 144 Å². The molecule has 230 valence electrons. The highest BCUT2D eigenvalue weighted by Crippen LogP contribution is 2.23. The third-order valence-electron chi connectivity index (χ3n) is 6.58. The minimum absolute atomic E-state index is 0.0362. The van der Waals surface area contributed by atoms with Crippen LogP contribution in [0.3, 0.4) is 0 Å². The van der Waals surface area contributed by atoms with E-state index < -0.39 is 17.6 Å². The Bertz CT molecular complexity index is 1830. The molecule has 3 N–H and O–H groups in total. The third-order valence-corrected chi connectivity index (χ3v) is 7.57. The lowest BCUT2D eigenvalue weighted by Crippen LogP contribution is -2.30. The molecule has 0 bridgehead atoms. The molecule has 0 aromatic heterocycles. The molecule has 0 saturated carbocycles. The van der Waals surface area contributed by atoms with E-state index in [1.165, 1.54) is 23.9 Å². The first-order valence-electron chi connectivity index (χ1n) is 14.4. The normalized spacial score (nSPS) is 10.9. The van der Waals surface area contributed by atoms with Gasteiger partial charge in [0.05, 0.1) is 11.4 Å². The predicted molar refractivity (Wildman–Crippen MR) is 180 cm³/mol.